The number of hydrogen-bond donors (Lipinski definition) is 1. The van der Waals surface area contributed by atoms with Gasteiger partial charge in [-0.25, -0.2) is 0 Å². The molecule has 1 heteroatoms. The van der Waals surface area contributed by atoms with Gasteiger partial charge in [0.05, 0.1) is 0 Å². The van der Waals surface area contributed by atoms with Crippen LogP contribution in [-0.2, 0) is 0 Å². The van der Waals surface area contributed by atoms with Crippen molar-refractivity contribution < 1.29 is 0 Å². The fourth-order valence-corrected chi connectivity index (χ4v) is 0.479. The standard InChI is InChI=1S/C7H14.C3H8.C2H7N/c1-4-5-6-7(2)3;1-3-2;1-2-3/h2,4-6H2,1,3H3;3H2,1-2H3;2-3H2,1H3. The highest BCUT2D eigenvalue weighted by atomic mass is 14.5. The van der Waals surface area contributed by atoms with Gasteiger partial charge in [0.15, 0.2) is 0 Å². The van der Waals surface area contributed by atoms with E-state index >= 15 is 0 Å². The first-order valence-corrected chi connectivity index (χ1v) is 5.44. The fourth-order valence-electron chi connectivity index (χ4n) is 0.479. The van der Waals surface area contributed by atoms with Crippen LogP contribution in [0.15, 0.2) is 12.2 Å². The van der Waals surface area contributed by atoms with Crippen LogP contribution >= 0.6 is 0 Å². The Bertz CT molecular complexity index is 75.2. The summed E-state index contributed by atoms with van der Waals surface area (Å²) in [7, 11) is 0. The molecule has 0 aliphatic heterocycles. The Morgan fingerprint density at radius 2 is 1.46 bits per heavy atom. The summed E-state index contributed by atoms with van der Waals surface area (Å²) in [4.78, 5) is 0. The van der Waals surface area contributed by atoms with E-state index in [2.05, 4.69) is 34.3 Å². The Balaban J connectivity index is -0.000000140. The molecule has 0 saturated heterocycles. The Hall–Kier alpha value is -0.300. The largest absolute Gasteiger partial charge is 0.331 e. The van der Waals surface area contributed by atoms with E-state index in [1.54, 1.807) is 0 Å². The highest BCUT2D eigenvalue weighted by Crippen LogP contribution is 2.01. The first kappa shape index (κ1) is 18.5. The predicted molar refractivity (Wildman–Crippen MR) is 65.0 cm³/mol. The molecule has 1 nitrogen and oxygen atoms in total. The van der Waals surface area contributed by atoms with E-state index in [1.165, 1.54) is 31.3 Å². The summed E-state index contributed by atoms with van der Waals surface area (Å²) < 4.78 is 0. The van der Waals surface area contributed by atoms with E-state index in [9.17, 15) is 0 Å². The van der Waals surface area contributed by atoms with E-state index in [0.717, 1.165) is 6.54 Å². The Morgan fingerprint density at radius 1 is 1.15 bits per heavy atom. The molecule has 0 atom stereocenters. The van der Waals surface area contributed by atoms with Crippen molar-refractivity contribution in [2.75, 3.05) is 6.54 Å². The van der Waals surface area contributed by atoms with Crippen LogP contribution in [-0.4, -0.2) is 6.54 Å². The van der Waals surface area contributed by atoms with E-state index in [1.807, 2.05) is 6.92 Å². The van der Waals surface area contributed by atoms with Crippen molar-refractivity contribution in [1.29, 1.82) is 0 Å². The normalized spacial score (nSPS) is 7.54. The van der Waals surface area contributed by atoms with Crippen molar-refractivity contribution in [1.82, 2.24) is 0 Å². The molecule has 0 aromatic carbocycles. The molecule has 0 aliphatic carbocycles. The molecule has 0 aromatic heterocycles. The number of nitrogens with two attached hydrogens (primary N) is 1. The van der Waals surface area contributed by atoms with Crippen molar-refractivity contribution in [3.63, 3.8) is 0 Å². The van der Waals surface area contributed by atoms with E-state index in [0.29, 0.717) is 0 Å². The number of allylic oxidation sites excluding steroid dienone is 1. The third-order valence-corrected chi connectivity index (χ3v) is 0.957. The second kappa shape index (κ2) is 22.6. The molecule has 0 bridgehead atoms. The molecule has 2 N–H and O–H groups in total. The van der Waals surface area contributed by atoms with Crippen LogP contribution in [0.3, 0.4) is 0 Å². The maximum absolute atomic E-state index is 4.85. The lowest BCUT2D eigenvalue weighted by molar-refractivity contribution is 0.789. The SMILES string of the molecule is C=C(C)CCCC.CCC.CCN. The van der Waals surface area contributed by atoms with Gasteiger partial charge in [-0.2, -0.15) is 0 Å². The predicted octanol–water partition coefficient (Wildman–Crippen LogP) is 4.13. The molecule has 0 amide bonds. The van der Waals surface area contributed by atoms with Gasteiger partial charge in [-0.15, -0.1) is 6.58 Å². The fraction of sp³-hybridized carbons (Fsp3) is 0.833. The van der Waals surface area contributed by atoms with E-state index < -0.39 is 0 Å². The minimum Gasteiger partial charge on any atom is -0.331 e. The first-order valence-electron chi connectivity index (χ1n) is 5.44. The lowest BCUT2D eigenvalue weighted by atomic mass is 10.2. The Morgan fingerprint density at radius 3 is 1.54 bits per heavy atom. The lowest BCUT2D eigenvalue weighted by Gasteiger charge is -1.91. The topological polar surface area (TPSA) is 26.0 Å². The summed E-state index contributed by atoms with van der Waals surface area (Å²) in [5.41, 5.74) is 6.15. The Labute approximate surface area is 85.4 Å². The summed E-state index contributed by atoms with van der Waals surface area (Å²) in [5, 5.41) is 0. The van der Waals surface area contributed by atoms with Crippen molar-refractivity contribution in [2.45, 2.75) is 60.3 Å². The minimum absolute atomic E-state index is 0.750. The average molecular weight is 187 g/mol. The summed E-state index contributed by atoms with van der Waals surface area (Å²) in [6.45, 7) is 15.0. The van der Waals surface area contributed by atoms with Crippen LogP contribution in [0, 0.1) is 0 Å². The van der Waals surface area contributed by atoms with Gasteiger partial charge in [0, 0.05) is 0 Å². The molecule has 0 unspecified atom stereocenters. The monoisotopic (exact) mass is 187 g/mol. The molecule has 0 rings (SSSR count). The molecular weight excluding hydrogens is 158 g/mol. The van der Waals surface area contributed by atoms with Crippen molar-refractivity contribution in [2.24, 2.45) is 5.73 Å². The zero-order chi connectivity index (χ0) is 11.1. The molecule has 0 radical (unpaired) electrons. The summed E-state index contributed by atoms with van der Waals surface area (Å²) in [5.74, 6) is 0. The van der Waals surface area contributed by atoms with E-state index in [-0.39, 0.29) is 0 Å². The first-order chi connectivity index (χ1) is 6.10. The van der Waals surface area contributed by atoms with Gasteiger partial charge in [0.1, 0.15) is 0 Å². The van der Waals surface area contributed by atoms with E-state index in [4.69, 9.17) is 5.73 Å². The van der Waals surface area contributed by atoms with Crippen LogP contribution in [0.4, 0.5) is 0 Å². The number of rotatable bonds is 3. The molecule has 0 heterocycles. The lowest BCUT2D eigenvalue weighted by Crippen LogP contribution is -1.87. The molecule has 13 heavy (non-hydrogen) atoms. The zero-order valence-electron chi connectivity index (χ0n) is 10.3. The van der Waals surface area contributed by atoms with Crippen LogP contribution in [0.2, 0.25) is 0 Å². The molecule has 82 valence electrons. The van der Waals surface area contributed by atoms with Crippen LogP contribution < -0.4 is 5.73 Å². The molecule has 0 aliphatic rings. The van der Waals surface area contributed by atoms with Crippen molar-refractivity contribution in [3.05, 3.63) is 12.2 Å². The quantitative estimate of drug-likeness (QED) is 0.660. The smallest absolute Gasteiger partial charge is 0.0106 e. The van der Waals surface area contributed by atoms with Gasteiger partial charge < -0.3 is 5.73 Å². The van der Waals surface area contributed by atoms with Gasteiger partial charge in [-0.05, 0) is 26.3 Å². The second-order valence-corrected chi connectivity index (χ2v) is 3.18. The summed E-state index contributed by atoms with van der Waals surface area (Å²) in [6.07, 6.45) is 5.04. The summed E-state index contributed by atoms with van der Waals surface area (Å²) in [6, 6.07) is 0. The molecule has 0 saturated carbocycles. The third-order valence-electron chi connectivity index (χ3n) is 0.957. The maximum atomic E-state index is 4.85. The second-order valence-electron chi connectivity index (χ2n) is 3.18. The molecule has 0 fully saturated rings. The third kappa shape index (κ3) is 80.4. The van der Waals surface area contributed by atoms with Crippen molar-refractivity contribution in [3.8, 4) is 0 Å². The summed E-state index contributed by atoms with van der Waals surface area (Å²) >= 11 is 0. The molecule has 0 aromatic rings. The number of hydrogen-bond acceptors (Lipinski definition) is 1. The maximum Gasteiger partial charge on any atom is -0.0106 e. The van der Waals surface area contributed by atoms with Gasteiger partial charge in [0.2, 0.25) is 0 Å². The average Bonchev–Trinajstić information content (AvgIpc) is 2.04. The highest BCUT2D eigenvalue weighted by molar-refractivity contribution is 4.86. The zero-order valence-corrected chi connectivity index (χ0v) is 10.3. The van der Waals surface area contributed by atoms with Gasteiger partial charge in [0.25, 0.3) is 0 Å². The van der Waals surface area contributed by atoms with Gasteiger partial charge >= 0.3 is 0 Å². The van der Waals surface area contributed by atoms with Crippen molar-refractivity contribution >= 4 is 0 Å². The van der Waals surface area contributed by atoms with Gasteiger partial charge in [-0.3, -0.25) is 0 Å². The molecule has 0 spiro atoms. The van der Waals surface area contributed by atoms with Gasteiger partial charge in [-0.1, -0.05) is 46.1 Å². The van der Waals surface area contributed by atoms with Crippen LogP contribution in [0.25, 0.3) is 0 Å². The molecular formula is C12H29N. The number of unbranched alkanes of at least 4 members (excludes halogenated alkanes) is 1. The highest BCUT2D eigenvalue weighted by Gasteiger charge is 1.81. The minimum atomic E-state index is 0.750. The van der Waals surface area contributed by atoms with Crippen LogP contribution in [0.5, 0.6) is 0 Å². The Kier molecular flexibility index (Phi) is 32.1. The van der Waals surface area contributed by atoms with Crippen LogP contribution in [0.1, 0.15) is 60.3 Å².